The number of thiol groups is 1. The molecule has 0 unspecified atom stereocenters. The minimum Gasteiger partial charge on any atom is -0.143 e. The number of hydrogen-bond donors (Lipinski definition) is 1. The summed E-state index contributed by atoms with van der Waals surface area (Å²) in [6.07, 6.45) is 0. The van der Waals surface area contributed by atoms with Crippen molar-refractivity contribution in [1.29, 1.82) is 0 Å². The van der Waals surface area contributed by atoms with Gasteiger partial charge in [-0.1, -0.05) is 78.8 Å². The summed E-state index contributed by atoms with van der Waals surface area (Å²) in [6.45, 7) is 8.43. The molecule has 0 fully saturated rings. The fourth-order valence-corrected chi connectivity index (χ4v) is 5.05. The van der Waals surface area contributed by atoms with Crippen LogP contribution in [-0.2, 0) is 0 Å². The molecule has 0 atom stereocenters. The van der Waals surface area contributed by atoms with Gasteiger partial charge in [0.25, 0.3) is 0 Å². The van der Waals surface area contributed by atoms with Crippen LogP contribution in [0.2, 0.25) is 0 Å². The fourth-order valence-electron chi connectivity index (χ4n) is 2.80. The topological polar surface area (TPSA) is 0 Å². The zero-order valence-corrected chi connectivity index (χ0v) is 26.1. The first-order valence-electron chi connectivity index (χ1n) is 10.3. The molecule has 0 spiro atoms. The lowest BCUT2D eigenvalue weighted by Gasteiger charge is -2.07. The third-order valence-electron chi connectivity index (χ3n) is 4.56. The van der Waals surface area contributed by atoms with Gasteiger partial charge in [0.2, 0.25) is 0 Å². The molecule has 4 aromatic rings. The zero-order chi connectivity index (χ0) is 24.4. The molecule has 0 bridgehead atoms. The molecule has 0 aliphatic carbocycles. The van der Waals surface area contributed by atoms with Gasteiger partial charge in [-0.2, -0.15) is 0 Å². The van der Waals surface area contributed by atoms with Crippen LogP contribution in [0.4, 0.5) is 0 Å². The molecule has 4 aromatic carbocycles. The number of aryl methyl sites for hydroxylation is 4. The van der Waals surface area contributed by atoms with E-state index in [4.69, 9.17) is 0 Å². The van der Waals surface area contributed by atoms with Gasteiger partial charge in [0.05, 0.1) is 0 Å². The lowest BCUT2D eigenvalue weighted by atomic mass is 10.2. The molecule has 5 heteroatoms. The first kappa shape index (κ1) is 31.3. The highest BCUT2D eigenvalue weighted by Gasteiger charge is 2.04. The molecule has 4 rings (SSSR count). The highest BCUT2D eigenvalue weighted by Crippen LogP contribution is 2.35. The van der Waals surface area contributed by atoms with Crippen LogP contribution in [0.15, 0.2) is 109 Å². The Morgan fingerprint density at radius 1 is 0.647 bits per heavy atom. The van der Waals surface area contributed by atoms with Crippen LogP contribution in [0.1, 0.15) is 29.7 Å². The Bertz CT molecular complexity index is 1170. The van der Waals surface area contributed by atoms with E-state index >= 15 is 0 Å². The maximum Gasteiger partial charge on any atom is 0.0314 e. The summed E-state index contributed by atoms with van der Waals surface area (Å²) in [5.74, 6) is 0. The van der Waals surface area contributed by atoms with Gasteiger partial charge in [0.15, 0.2) is 0 Å². The van der Waals surface area contributed by atoms with Gasteiger partial charge in [0, 0.05) is 27.2 Å². The molecule has 180 valence electrons. The van der Waals surface area contributed by atoms with E-state index in [2.05, 4.69) is 149 Å². The van der Waals surface area contributed by atoms with Crippen molar-refractivity contribution >= 4 is 78.8 Å². The predicted molar refractivity (Wildman–Crippen MR) is 171 cm³/mol. The van der Waals surface area contributed by atoms with Crippen molar-refractivity contribution in [3.63, 3.8) is 0 Å². The number of rotatable bonds is 2. The molecule has 0 aliphatic heterocycles. The maximum absolute atomic E-state index is 4.25. The van der Waals surface area contributed by atoms with Crippen molar-refractivity contribution in [3.8, 4) is 0 Å². The van der Waals surface area contributed by atoms with Crippen LogP contribution < -0.4 is 0 Å². The Labute approximate surface area is 246 Å². The Hall–Kier alpha value is -0.730. The van der Waals surface area contributed by atoms with E-state index < -0.39 is 0 Å². The average Bonchev–Trinajstić information content (AvgIpc) is 2.77. The summed E-state index contributed by atoms with van der Waals surface area (Å²) in [7, 11) is 0. The first-order chi connectivity index (χ1) is 15.7. The summed E-state index contributed by atoms with van der Waals surface area (Å²) >= 11 is 15.3. The molecule has 34 heavy (non-hydrogen) atoms. The van der Waals surface area contributed by atoms with Gasteiger partial charge in [0.1, 0.15) is 0 Å². The molecular formula is C29H31Br2IS2. The highest BCUT2D eigenvalue weighted by molar-refractivity contribution is 14.1. The Kier molecular flexibility index (Phi) is 14.8. The monoisotopic (exact) mass is 728 g/mol. The Morgan fingerprint density at radius 3 is 1.65 bits per heavy atom. The van der Waals surface area contributed by atoms with Crippen LogP contribution in [0.3, 0.4) is 0 Å². The summed E-state index contributed by atoms with van der Waals surface area (Å²) in [6, 6.07) is 29.2. The minimum atomic E-state index is 0. The number of benzene rings is 4. The van der Waals surface area contributed by atoms with E-state index in [1.165, 1.54) is 40.1 Å². The summed E-state index contributed by atoms with van der Waals surface area (Å²) in [5, 5.41) is 0. The van der Waals surface area contributed by atoms with E-state index in [0.717, 1.165) is 9.37 Å². The predicted octanol–water partition coefficient (Wildman–Crippen LogP) is 11.5. The molecule has 0 amide bonds. The first-order valence-corrected chi connectivity index (χ1v) is 14.3. The lowest BCUT2D eigenvalue weighted by molar-refractivity contribution is 1.25. The molecule has 0 saturated carbocycles. The Balaban J connectivity index is 0.000000274. The fraction of sp³-hybridized carbons (Fsp3) is 0.172. The van der Waals surface area contributed by atoms with Crippen molar-refractivity contribution in [2.45, 2.75) is 49.8 Å². The summed E-state index contributed by atoms with van der Waals surface area (Å²) < 4.78 is 3.57. The van der Waals surface area contributed by atoms with E-state index in [-0.39, 0.29) is 7.43 Å². The van der Waals surface area contributed by atoms with E-state index in [1.807, 2.05) is 30.3 Å². The van der Waals surface area contributed by atoms with Crippen molar-refractivity contribution in [2.24, 2.45) is 0 Å². The van der Waals surface area contributed by atoms with Gasteiger partial charge in [-0.3, -0.25) is 0 Å². The largest absolute Gasteiger partial charge is 0.143 e. The van der Waals surface area contributed by atoms with Gasteiger partial charge < -0.3 is 0 Å². The molecule has 0 heterocycles. The van der Waals surface area contributed by atoms with Gasteiger partial charge in [-0.25, -0.2) is 0 Å². The maximum atomic E-state index is 4.25. The molecule has 0 N–H and O–H groups in total. The second-order valence-corrected chi connectivity index (χ2v) is 11.9. The average molecular weight is 730 g/mol. The molecular weight excluding hydrogens is 699 g/mol. The number of hydrogen-bond acceptors (Lipinski definition) is 2. The van der Waals surface area contributed by atoms with Crippen molar-refractivity contribution < 1.29 is 0 Å². The standard InChI is InChI=1S/C14H13BrS.C8H10S.C6H4BrI.CH4/c1-10-7-8-13(11(2)9-10)16-14-6-4-3-5-12(14)15;1-6-3-4-8(9)7(2)5-6;7-5-3-1-2-4-6(5)8;/h3-9H,1-2H3;3-5,9H,1-2H3;1-4H;1H4. The van der Waals surface area contributed by atoms with Crippen molar-refractivity contribution in [2.75, 3.05) is 0 Å². The van der Waals surface area contributed by atoms with E-state index in [9.17, 15) is 0 Å². The van der Waals surface area contributed by atoms with Crippen LogP contribution >= 0.6 is 78.8 Å². The molecule has 0 radical (unpaired) electrons. The van der Waals surface area contributed by atoms with Crippen LogP contribution in [-0.4, -0.2) is 0 Å². The second-order valence-electron chi connectivity index (χ2n) is 7.51. The zero-order valence-electron chi connectivity index (χ0n) is 19.1. The smallest absolute Gasteiger partial charge is 0.0314 e. The molecule has 0 saturated heterocycles. The SMILES string of the molecule is Brc1ccccc1I.C.Cc1ccc(S)c(C)c1.Cc1ccc(Sc2ccccc2Br)c(C)c1. The molecule has 0 aromatic heterocycles. The molecule has 0 aliphatic rings. The van der Waals surface area contributed by atoms with Gasteiger partial charge in [-0.05, 0) is 130 Å². The number of halogens is 3. The van der Waals surface area contributed by atoms with Crippen molar-refractivity contribution in [1.82, 2.24) is 0 Å². The van der Waals surface area contributed by atoms with Crippen LogP contribution in [0, 0.1) is 31.3 Å². The third-order valence-corrected chi connectivity index (χ3v) is 9.65. The van der Waals surface area contributed by atoms with Crippen molar-refractivity contribution in [3.05, 3.63) is 120 Å². The quantitative estimate of drug-likeness (QED) is 0.158. The molecule has 0 nitrogen and oxygen atoms in total. The highest BCUT2D eigenvalue weighted by atomic mass is 127. The van der Waals surface area contributed by atoms with Gasteiger partial charge in [-0.15, -0.1) is 12.6 Å². The third kappa shape index (κ3) is 10.9. The second kappa shape index (κ2) is 16.1. The van der Waals surface area contributed by atoms with Crippen LogP contribution in [0.5, 0.6) is 0 Å². The van der Waals surface area contributed by atoms with Crippen LogP contribution in [0.25, 0.3) is 0 Å². The Morgan fingerprint density at radius 2 is 1.18 bits per heavy atom. The normalized spacial score (nSPS) is 9.65. The van der Waals surface area contributed by atoms with E-state index in [1.54, 1.807) is 11.8 Å². The summed E-state index contributed by atoms with van der Waals surface area (Å²) in [4.78, 5) is 3.65. The minimum absolute atomic E-state index is 0. The summed E-state index contributed by atoms with van der Waals surface area (Å²) in [5.41, 5.74) is 5.19. The van der Waals surface area contributed by atoms with E-state index in [0.29, 0.717) is 0 Å². The lowest BCUT2D eigenvalue weighted by Crippen LogP contribution is -1.82. The van der Waals surface area contributed by atoms with Gasteiger partial charge >= 0.3 is 0 Å².